The Morgan fingerprint density at radius 2 is 1.91 bits per heavy atom. The summed E-state index contributed by atoms with van der Waals surface area (Å²) in [5.41, 5.74) is 2.90. The maximum absolute atomic E-state index is 13.5. The molecule has 2 aromatic heterocycles. The highest BCUT2D eigenvalue weighted by Crippen LogP contribution is 2.34. The lowest BCUT2D eigenvalue weighted by Crippen LogP contribution is -2.42. The number of fused-ring (bicyclic) bond motifs is 2. The Morgan fingerprint density at radius 3 is 2.69 bits per heavy atom. The topological polar surface area (TPSA) is 78.9 Å². The molecule has 2 aromatic rings. The van der Waals surface area contributed by atoms with E-state index in [1.807, 2.05) is 24.0 Å². The number of pyridine rings is 2. The SMILES string of the molecule is CCOCCN1Cc2cc(N3CCCc4cc(C(=O)N5CCC(F)(F)CC5)cnc43)ncc2C1=O. The number of nitrogens with zero attached hydrogens (tertiary/aromatic N) is 5. The Hall–Kier alpha value is -3.14. The number of aryl methyl sites for hydroxylation is 1. The van der Waals surface area contributed by atoms with E-state index in [4.69, 9.17) is 4.74 Å². The lowest BCUT2D eigenvalue weighted by atomic mass is 10.0. The molecule has 1 saturated heterocycles. The zero-order chi connectivity index (χ0) is 24.6. The number of hydrogen-bond donors (Lipinski definition) is 0. The average Bonchev–Trinajstić information content (AvgIpc) is 3.17. The third-order valence-electron chi connectivity index (χ3n) is 6.90. The van der Waals surface area contributed by atoms with Crippen molar-refractivity contribution in [1.82, 2.24) is 19.8 Å². The molecule has 3 aliphatic heterocycles. The Bertz CT molecular complexity index is 1130. The van der Waals surface area contributed by atoms with E-state index in [0.717, 1.165) is 36.3 Å². The molecule has 0 radical (unpaired) electrons. The standard InChI is InChI=1S/C25H29F2N5O3/c1-2-35-11-10-31-16-19-13-21(28-15-20(19)24(31)34)32-7-3-4-17-12-18(14-29-22(17)32)23(33)30-8-5-25(26,27)6-9-30/h12-15H,2-11,16H2,1H3. The van der Waals surface area contributed by atoms with Crippen LogP contribution in [0.1, 0.15) is 58.0 Å². The van der Waals surface area contributed by atoms with E-state index in [9.17, 15) is 18.4 Å². The van der Waals surface area contributed by atoms with Crippen LogP contribution in [-0.4, -0.2) is 76.9 Å². The fourth-order valence-corrected chi connectivity index (χ4v) is 4.93. The number of anilines is 2. The largest absolute Gasteiger partial charge is 0.380 e. The van der Waals surface area contributed by atoms with Gasteiger partial charge < -0.3 is 19.4 Å². The molecule has 1 fully saturated rings. The minimum atomic E-state index is -2.70. The van der Waals surface area contributed by atoms with Gasteiger partial charge in [0.1, 0.15) is 11.6 Å². The van der Waals surface area contributed by atoms with Crippen LogP contribution in [0.4, 0.5) is 20.4 Å². The van der Waals surface area contributed by atoms with Gasteiger partial charge in [0.15, 0.2) is 0 Å². The minimum absolute atomic E-state index is 0.0328. The molecular formula is C25H29F2N5O3. The van der Waals surface area contributed by atoms with E-state index < -0.39 is 5.92 Å². The number of ether oxygens (including phenoxy) is 1. The number of piperidine rings is 1. The monoisotopic (exact) mass is 485 g/mol. The van der Waals surface area contributed by atoms with Gasteiger partial charge in [-0.1, -0.05) is 0 Å². The van der Waals surface area contributed by atoms with E-state index in [2.05, 4.69) is 9.97 Å². The minimum Gasteiger partial charge on any atom is -0.380 e. The third kappa shape index (κ3) is 4.71. The Morgan fingerprint density at radius 1 is 1.11 bits per heavy atom. The van der Waals surface area contributed by atoms with Crippen molar-refractivity contribution in [3.05, 3.63) is 46.8 Å². The van der Waals surface area contributed by atoms with Crippen molar-refractivity contribution < 1.29 is 23.1 Å². The molecule has 0 unspecified atom stereocenters. The smallest absolute Gasteiger partial charge is 0.256 e. The van der Waals surface area contributed by atoms with Gasteiger partial charge in [-0.2, -0.15) is 0 Å². The van der Waals surface area contributed by atoms with Gasteiger partial charge >= 0.3 is 0 Å². The molecule has 3 aliphatic rings. The maximum atomic E-state index is 13.5. The molecule has 2 amide bonds. The predicted octanol–water partition coefficient (Wildman–Crippen LogP) is 3.42. The fraction of sp³-hybridized carbons (Fsp3) is 0.520. The van der Waals surface area contributed by atoms with Gasteiger partial charge in [-0.25, -0.2) is 18.7 Å². The molecule has 0 bridgehead atoms. The van der Waals surface area contributed by atoms with Crippen LogP contribution in [0.25, 0.3) is 0 Å². The van der Waals surface area contributed by atoms with E-state index in [1.165, 1.54) is 11.1 Å². The molecule has 10 heteroatoms. The van der Waals surface area contributed by atoms with Crippen LogP contribution in [-0.2, 0) is 17.7 Å². The summed E-state index contributed by atoms with van der Waals surface area (Å²) in [7, 11) is 0. The van der Waals surface area contributed by atoms with Crippen LogP contribution in [0, 0.1) is 0 Å². The number of carbonyl (C=O) groups is 2. The normalized spacial score (nSPS) is 19.1. The number of halogens is 2. The number of hydrogen-bond acceptors (Lipinski definition) is 6. The highest BCUT2D eigenvalue weighted by molar-refractivity contribution is 5.98. The Kier molecular flexibility index (Phi) is 6.39. The van der Waals surface area contributed by atoms with Gasteiger partial charge in [-0.05, 0) is 43.0 Å². The number of aromatic nitrogens is 2. The van der Waals surface area contributed by atoms with Gasteiger partial charge in [-0.3, -0.25) is 9.59 Å². The zero-order valence-electron chi connectivity index (χ0n) is 19.8. The molecule has 0 aliphatic carbocycles. The van der Waals surface area contributed by atoms with Crippen LogP contribution >= 0.6 is 0 Å². The first-order chi connectivity index (χ1) is 16.9. The van der Waals surface area contributed by atoms with Gasteiger partial charge in [-0.15, -0.1) is 0 Å². The lowest BCUT2D eigenvalue weighted by Gasteiger charge is -2.32. The van der Waals surface area contributed by atoms with Crippen molar-refractivity contribution in [1.29, 1.82) is 0 Å². The van der Waals surface area contributed by atoms with Crippen LogP contribution in [0.3, 0.4) is 0 Å². The second-order valence-corrected chi connectivity index (χ2v) is 9.23. The van der Waals surface area contributed by atoms with Crippen LogP contribution in [0.5, 0.6) is 0 Å². The molecule has 35 heavy (non-hydrogen) atoms. The molecule has 5 heterocycles. The average molecular weight is 486 g/mol. The van der Waals surface area contributed by atoms with Crippen LogP contribution in [0.15, 0.2) is 24.5 Å². The Labute approximate surface area is 202 Å². The number of carbonyl (C=O) groups excluding carboxylic acids is 2. The number of likely N-dealkylation sites (tertiary alicyclic amines) is 1. The van der Waals surface area contributed by atoms with Gasteiger partial charge in [0.25, 0.3) is 17.7 Å². The molecule has 5 rings (SSSR count). The second-order valence-electron chi connectivity index (χ2n) is 9.23. The van der Waals surface area contributed by atoms with Crippen molar-refractivity contribution in [2.24, 2.45) is 0 Å². The zero-order valence-corrected chi connectivity index (χ0v) is 19.8. The summed E-state index contributed by atoms with van der Waals surface area (Å²) in [5.74, 6) is -1.53. The highest BCUT2D eigenvalue weighted by atomic mass is 19.3. The van der Waals surface area contributed by atoms with E-state index in [-0.39, 0.29) is 37.7 Å². The summed E-state index contributed by atoms with van der Waals surface area (Å²) in [6, 6.07) is 3.77. The van der Waals surface area contributed by atoms with Gasteiger partial charge in [0.05, 0.1) is 17.7 Å². The van der Waals surface area contributed by atoms with Crippen LogP contribution in [0.2, 0.25) is 0 Å². The first-order valence-corrected chi connectivity index (χ1v) is 12.2. The third-order valence-corrected chi connectivity index (χ3v) is 6.90. The number of alkyl halides is 2. The Balaban J connectivity index is 1.33. The molecular weight excluding hydrogens is 456 g/mol. The van der Waals surface area contributed by atoms with Crippen molar-refractivity contribution in [3.63, 3.8) is 0 Å². The summed E-state index contributed by atoms with van der Waals surface area (Å²) in [4.78, 5) is 40.0. The summed E-state index contributed by atoms with van der Waals surface area (Å²) >= 11 is 0. The molecule has 8 nitrogen and oxygen atoms in total. The van der Waals surface area contributed by atoms with E-state index in [1.54, 1.807) is 11.1 Å². The van der Waals surface area contributed by atoms with Crippen molar-refractivity contribution in [2.75, 3.05) is 44.3 Å². The highest BCUT2D eigenvalue weighted by Gasteiger charge is 2.36. The fourth-order valence-electron chi connectivity index (χ4n) is 4.93. The summed E-state index contributed by atoms with van der Waals surface area (Å²) in [6.07, 6.45) is 4.18. The molecule has 186 valence electrons. The molecule has 0 aromatic carbocycles. The quantitative estimate of drug-likeness (QED) is 0.584. The predicted molar refractivity (Wildman–Crippen MR) is 125 cm³/mol. The summed E-state index contributed by atoms with van der Waals surface area (Å²) in [6.45, 7) is 4.92. The molecule has 0 atom stereocenters. The van der Waals surface area contributed by atoms with Gasteiger partial charge in [0.2, 0.25) is 0 Å². The van der Waals surface area contributed by atoms with Gasteiger partial charge in [0, 0.05) is 64.6 Å². The molecule has 0 spiro atoms. The summed E-state index contributed by atoms with van der Waals surface area (Å²) in [5, 5.41) is 0. The van der Waals surface area contributed by atoms with Crippen molar-refractivity contribution >= 4 is 23.5 Å². The number of rotatable bonds is 6. The number of amides is 2. The lowest BCUT2D eigenvalue weighted by molar-refractivity contribution is -0.0494. The molecule has 0 saturated carbocycles. The first kappa shape index (κ1) is 23.6. The first-order valence-electron chi connectivity index (χ1n) is 12.2. The van der Waals surface area contributed by atoms with E-state index in [0.29, 0.717) is 43.2 Å². The maximum Gasteiger partial charge on any atom is 0.256 e. The van der Waals surface area contributed by atoms with Crippen molar-refractivity contribution in [2.45, 2.75) is 45.1 Å². The molecule has 0 N–H and O–H groups in total. The van der Waals surface area contributed by atoms with Crippen LogP contribution < -0.4 is 4.90 Å². The van der Waals surface area contributed by atoms with Crippen molar-refractivity contribution in [3.8, 4) is 0 Å². The van der Waals surface area contributed by atoms with E-state index >= 15 is 0 Å². The second kappa shape index (κ2) is 9.49. The summed E-state index contributed by atoms with van der Waals surface area (Å²) < 4.78 is 32.3.